The van der Waals surface area contributed by atoms with Crippen molar-refractivity contribution in [1.82, 2.24) is 4.90 Å². The molecule has 6 nitrogen and oxygen atoms in total. The summed E-state index contributed by atoms with van der Waals surface area (Å²) in [5.41, 5.74) is 2.97. The highest BCUT2D eigenvalue weighted by Crippen LogP contribution is 2.63. The average molecular weight is 562 g/mol. The minimum absolute atomic E-state index is 0.00789. The van der Waals surface area contributed by atoms with Crippen LogP contribution in [0.5, 0.6) is 17.2 Å². The van der Waals surface area contributed by atoms with Gasteiger partial charge in [0.05, 0.1) is 19.8 Å². The molecule has 0 saturated heterocycles. The fourth-order valence-corrected chi connectivity index (χ4v) is 8.24. The van der Waals surface area contributed by atoms with Crippen molar-refractivity contribution in [2.24, 2.45) is 23.2 Å². The van der Waals surface area contributed by atoms with Gasteiger partial charge in [0.1, 0.15) is 5.75 Å². The number of nitrogens with zero attached hydrogens (tertiary/aromatic N) is 1. The molecular formula is C35H47NO5. The van der Waals surface area contributed by atoms with Crippen LogP contribution in [0.2, 0.25) is 0 Å². The van der Waals surface area contributed by atoms with Crippen LogP contribution in [0.25, 0.3) is 0 Å². The van der Waals surface area contributed by atoms with Crippen LogP contribution in [-0.4, -0.2) is 49.5 Å². The third kappa shape index (κ3) is 5.59. The lowest BCUT2D eigenvalue weighted by Gasteiger charge is -2.50. The highest BCUT2D eigenvalue weighted by molar-refractivity contribution is 5.99. The molecule has 6 heteroatoms. The van der Waals surface area contributed by atoms with Crippen molar-refractivity contribution in [2.75, 3.05) is 26.8 Å². The minimum atomic E-state index is 0.00789. The molecule has 1 amide bonds. The van der Waals surface area contributed by atoms with E-state index < -0.39 is 0 Å². The summed E-state index contributed by atoms with van der Waals surface area (Å²) >= 11 is 0. The van der Waals surface area contributed by atoms with Crippen molar-refractivity contribution < 1.29 is 23.8 Å². The van der Waals surface area contributed by atoms with Gasteiger partial charge < -0.3 is 19.1 Å². The third-order valence-corrected chi connectivity index (χ3v) is 10.3. The number of methoxy groups -OCH3 is 1. The van der Waals surface area contributed by atoms with Gasteiger partial charge in [0.2, 0.25) is 0 Å². The van der Waals surface area contributed by atoms with Gasteiger partial charge in [-0.25, -0.2) is 0 Å². The van der Waals surface area contributed by atoms with Crippen molar-refractivity contribution in [2.45, 2.75) is 85.2 Å². The molecule has 5 atom stereocenters. The first-order valence-electron chi connectivity index (χ1n) is 15.6. The van der Waals surface area contributed by atoms with Crippen LogP contribution in [0, 0.1) is 23.2 Å². The van der Waals surface area contributed by atoms with E-state index in [1.54, 1.807) is 18.1 Å². The predicted octanol–water partition coefficient (Wildman–Crippen LogP) is 7.55. The first kappa shape index (κ1) is 29.5. The smallest absolute Gasteiger partial charge is 0.253 e. The summed E-state index contributed by atoms with van der Waals surface area (Å²) < 4.78 is 17.7. The van der Waals surface area contributed by atoms with Gasteiger partial charge in [-0.15, -0.1) is 0 Å². The highest BCUT2D eigenvalue weighted by atomic mass is 16.5. The first-order valence-corrected chi connectivity index (χ1v) is 15.6. The Labute approximate surface area is 245 Å². The number of benzene rings is 2. The Morgan fingerprint density at radius 3 is 2.54 bits per heavy atom. The number of amides is 1. The second-order valence-corrected chi connectivity index (χ2v) is 12.7. The van der Waals surface area contributed by atoms with Crippen molar-refractivity contribution in [1.29, 1.82) is 0 Å². The molecule has 3 aliphatic carbocycles. The molecule has 2 aromatic rings. The van der Waals surface area contributed by atoms with E-state index >= 15 is 0 Å². The molecule has 0 heterocycles. The van der Waals surface area contributed by atoms with Crippen molar-refractivity contribution >= 4 is 11.7 Å². The summed E-state index contributed by atoms with van der Waals surface area (Å²) in [6.45, 7) is 12.4. The fourth-order valence-electron chi connectivity index (χ4n) is 8.24. The summed E-state index contributed by atoms with van der Waals surface area (Å²) in [7, 11) is 1.62. The first-order chi connectivity index (χ1) is 19.7. The summed E-state index contributed by atoms with van der Waals surface area (Å²) in [6, 6.07) is 11.7. The molecule has 2 fully saturated rings. The molecule has 0 aromatic heterocycles. The molecule has 0 aliphatic heterocycles. The number of fused-ring (bicyclic) bond motifs is 5. The molecule has 0 N–H and O–H groups in total. The van der Waals surface area contributed by atoms with E-state index in [1.165, 1.54) is 24.8 Å². The van der Waals surface area contributed by atoms with E-state index in [0.29, 0.717) is 66.9 Å². The molecule has 0 bridgehead atoms. The molecule has 2 aromatic carbocycles. The lowest BCUT2D eigenvalue weighted by atomic mass is 9.54. The van der Waals surface area contributed by atoms with Crippen molar-refractivity contribution in [3.63, 3.8) is 0 Å². The summed E-state index contributed by atoms with van der Waals surface area (Å²) in [4.78, 5) is 28.0. The molecule has 41 heavy (non-hydrogen) atoms. The third-order valence-electron chi connectivity index (χ3n) is 10.3. The molecule has 222 valence electrons. The van der Waals surface area contributed by atoms with Gasteiger partial charge in [0.15, 0.2) is 17.3 Å². The molecule has 0 spiro atoms. The van der Waals surface area contributed by atoms with Gasteiger partial charge in [-0.3, -0.25) is 9.59 Å². The topological polar surface area (TPSA) is 65.1 Å². The molecule has 0 radical (unpaired) electrons. The number of hydrogen-bond acceptors (Lipinski definition) is 5. The van der Waals surface area contributed by atoms with Crippen LogP contribution in [-0.2, 0) is 0 Å². The van der Waals surface area contributed by atoms with E-state index in [1.807, 2.05) is 45.9 Å². The standard InChI is InChI=1S/C35H47NO5/c1-7-36(8-2)34(38)23-9-14-32(33(19-23)39-6)40-18-16-24-10-13-30-28-21-31(37)29-20-25(41-22(3)4)11-12-26(29)27(28)15-17-35(24,30)5/h9,11-12,14,19-20,22,24,27-28,30H,7-8,10,13,15-18,21H2,1-6H3/t24-,27?,28?,30?,35?/m1/s1. The van der Waals surface area contributed by atoms with Crippen LogP contribution >= 0.6 is 0 Å². The van der Waals surface area contributed by atoms with Gasteiger partial charge in [0.25, 0.3) is 5.91 Å². The Bertz CT molecular complexity index is 1270. The summed E-state index contributed by atoms with van der Waals surface area (Å²) in [5.74, 6) is 4.39. The van der Waals surface area contributed by atoms with Crippen LogP contribution in [0.15, 0.2) is 36.4 Å². The van der Waals surface area contributed by atoms with Gasteiger partial charge in [-0.05, 0) is 125 Å². The Hall–Kier alpha value is -3.02. The summed E-state index contributed by atoms with van der Waals surface area (Å²) in [6.07, 6.45) is 6.42. The van der Waals surface area contributed by atoms with Crippen LogP contribution in [0.1, 0.15) is 105 Å². The number of carbonyl (C=O) groups is 2. The maximum Gasteiger partial charge on any atom is 0.253 e. The van der Waals surface area contributed by atoms with Crippen molar-refractivity contribution in [3.05, 3.63) is 53.1 Å². The van der Waals surface area contributed by atoms with Gasteiger partial charge in [0, 0.05) is 30.6 Å². The van der Waals surface area contributed by atoms with Gasteiger partial charge in [-0.2, -0.15) is 0 Å². The van der Waals surface area contributed by atoms with E-state index in [-0.39, 0.29) is 23.2 Å². The number of ketones is 1. The maximum absolute atomic E-state index is 13.4. The number of ether oxygens (including phenoxy) is 3. The van der Waals surface area contributed by atoms with E-state index in [0.717, 1.165) is 24.2 Å². The Morgan fingerprint density at radius 2 is 1.83 bits per heavy atom. The largest absolute Gasteiger partial charge is 0.493 e. The number of hydrogen-bond donors (Lipinski definition) is 0. The maximum atomic E-state index is 13.4. The molecule has 5 rings (SSSR count). The minimum Gasteiger partial charge on any atom is -0.493 e. The number of rotatable bonds is 10. The van der Waals surface area contributed by atoms with E-state index in [2.05, 4.69) is 19.1 Å². The number of carbonyl (C=O) groups excluding carboxylic acids is 2. The lowest BCUT2D eigenvalue weighted by molar-refractivity contribution is 0.0221. The Kier molecular flexibility index (Phi) is 8.68. The molecule has 2 saturated carbocycles. The zero-order valence-electron chi connectivity index (χ0n) is 25.7. The van der Waals surface area contributed by atoms with Crippen LogP contribution in [0.4, 0.5) is 0 Å². The van der Waals surface area contributed by atoms with E-state index in [4.69, 9.17) is 14.2 Å². The normalized spacial score (nSPS) is 26.7. The van der Waals surface area contributed by atoms with Gasteiger partial charge >= 0.3 is 0 Å². The van der Waals surface area contributed by atoms with Crippen LogP contribution < -0.4 is 14.2 Å². The SMILES string of the molecule is CCN(CC)C(=O)c1ccc(OCC[C@H]2CCC3C4CC(=O)c5cc(OC(C)C)ccc5C4CCC32C)c(OC)c1. The second-order valence-electron chi connectivity index (χ2n) is 12.7. The van der Waals surface area contributed by atoms with E-state index in [9.17, 15) is 9.59 Å². The fraction of sp³-hybridized carbons (Fsp3) is 0.600. The quantitative estimate of drug-likeness (QED) is 0.300. The highest BCUT2D eigenvalue weighted by Gasteiger charge is 2.55. The second kappa shape index (κ2) is 12.1. The Morgan fingerprint density at radius 1 is 1.05 bits per heavy atom. The van der Waals surface area contributed by atoms with Gasteiger partial charge in [-0.1, -0.05) is 13.0 Å². The molecule has 4 unspecified atom stereocenters. The molecular weight excluding hydrogens is 514 g/mol. The predicted molar refractivity (Wildman–Crippen MR) is 161 cm³/mol. The average Bonchev–Trinajstić information content (AvgIpc) is 3.30. The lowest BCUT2D eigenvalue weighted by Crippen LogP contribution is -2.43. The Balaban J connectivity index is 1.24. The van der Waals surface area contributed by atoms with Crippen LogP contribution in [0.3, 0.4) is 0 Å². The zero-order valence-corrected chi connectivity index (χ0v) is 25.7. The summed E-state index contributed by atoms with van der Waals surface area (Å²) in [5, 5.41) is 0. The molecule has 3 aliphatic rings. The zero-order chi connectivity index (χ0) is 29.3. The number of Topliss-reactive ketones (excluding diaryl/α,β-unsaturated/α-hetero) is 1. The van der Waals surface area contributed by atoms with Crippen molar-refractivity contribution in [3.8, 4) is 17.2 Å². The monoisotopic (exact) mass is 561 g/mol.